The molecule has 2 rings (SSSR count). The van der Waals surface area contributed by atoms with Gasteiger partial charge < -0.3 is 10.2 Å². The number of hydrogen-bond acceptors (Lipinski definition) is 3. The van der Waals surface area contributed by atoms with Crippen LogP contribution in [0.4, 0.5) is 0 Å². The Hall–Kier alpha value is -1.29. The lowest BCUT2D eigenvalue weighted by atomic mass is 10.1. The second kappa shape index (κ2) is 6.24. The summed E-state index contributed by atoms with van der Waals surface area (Å²) in [4.78, 5) is 2.16. The number of rotatable bonds is 5. The lowest BCUT2D eigenvalue weighted by molar-refractivity contribution is 0.184. The van der Waals surface area contributed by atoms with Crippen LogP contribution >= 0.6 is 11.6 Å². The molecule has 0 radical (unpaired) electrons. The van der Waals surface area contributed by atoms with Crippen LogP contribution in [0.5, 0.6) is 0 Å². The number of likely N-dealkylation sites (N-methyl/N-ethyl adjacent to an activating group) is 1. The van der Waals surface area contributed by atoms with E-state index in [1.807, 2.05) is 50.4 Å². The fourth-order valence-electron chi connectivity index (χ4n) is 2.33. The molecule has 102 valence electrons. The van der Waals surface area contributed by atoms with Crippen molar-refractivity contribution in [1.29, 1.82) is 0 Å². The predicted molar refractivity (Wildman–Crippen MR) is 78.0 cm³/mol. The van der Waals surface area contributed by atoms with Gasteiger partial charge in [0.25, 0.3) is 0 Å². The summed E-state index contributed by atoms with van der Waals surface area (Å²) < 4.78 is 5.49. The molecule has 0 amide bonds. The van der Waals surface area contributed by atoms with Crippen LogP contribution in [0, 0.1) is 0 Å². The minimum atomic E-state index is -0.0290. The van der Waals surface area contributed by atoms with Gasteiger partial charge in [0.15, 0.2) is 0 Å². The normalized spacial score (nSPS) is 14.6. The smallest absolute Gasteiger partial charge is 0.122 e. The molecule has 2 aromatic rings. The maximum absolute atomic E-state index is 6.20. The SMILES string of the molecule is CC(N)C(c1ccco1)N(C)Cc1ccccc1Cl. The topological polar surface area (TPSA) is 42.4 Å². The van der Waals surface area contributed by atoms with E-state index in [2.05, 4.69) is 4.90 Å². The molecule has 1 aromatic carbocycles. The standard InChI is InChI=1S/C15H19ClN2O/c1-11(17)15(14-8-5-9-19-14)18(2)10-12-6-3-4-7-13(12)16/h3-9,11,15H,10,17H2,1-2H3. The number of nitrogens with zero attached hydrogens (tertiary/aromatic N) is 1. The molecule has 0 fully saturated rings. The summed E-state index contributed by atoms with van der Waals surface area (Å²) in [6.07, 6.45) is 1.67. The zero-order valence-corrected chi connectivity index (χ0v) is 12.0. The molecule has 0 aliphatic rings. The maximum Gasteiger partial charge on any atom is 0.122 e. The van der Waals surface area contributed by atoms with Crippen LogP contribution in [-0.4, -0.2) is 18.0 Å². The Morgan fingerprint density at radius 1 is 1.26 bits per heavy atom. The number of benzene rings is 1. The van der Waals surface area contributed by atoms with Crippen LogP contribution in [0.1, 0.15) is 24.3 Å². The molecule has 0 aliphatic heterocycles. The summed E-state index contributed by atoms with van der Waals surface area (Å²) in [6.45, 7) is 2.71. The average molecular weight is 279 g/mol. The van der Waals surface area contributed by atoms with E-state index in [9.17, 15) is 0 Å². The summed E-state index contributed by atoms with van der Waals surface area (Å²) in [6, 6.07) is 11.7. The van der Waals surface area contributed by atoms with Crippen molar-refractivity contribution in [3.63, 3.8) is 0 Å². The number of hydrogen-bond donors (Lipinski definition) is 1. The molecule has 3 nitrogen and oxygen atoms in total. The van der Waals surface area contributed by atoms with Gasteiger partial charge in [0, 0.05) is 17.6 Å². The van der Waals surface area contributed by atoms with Crippen LogP contribution < -0.4 is 5.73 Å². The second-order valence-corrected chi connectivity index (χ2v) is 5.23. The van der Waals surface area contributed by atoms with E-state index in [0.29, 0.717) is 0 Å². The first-order valence-corrected chi connectivity index (χ1v) is 6.70. The van der Waals surface area contributed by atoms with Crippen molar-refractivity contribution in [3.8, 4) is 0 Å². The fraction of sp³-hybridized carbons (Fsp3) is 0.333. The summed E-state index contributed by atoms with van der Waals surface area (Å²) in [7, 11) is 2.03. The van der Waals surface area contributed by atoms with Gasteiger partial charge in [-0.1, -0.05) is 29.8 Å². The second-order valence-electron chi connectivity index (χ2n) is 4.83. The highest BCUT2D eigenvalue weighted by Crippen LogP contribution is 2.26. The summed E-state index contributed by atoms with van der Waals surface area (Å²) in [5, 5.41) is 0.775. The number of nitrogens with two attached hydrogens (primary N) is 1. The van der Waals surface area contributed by atoms with E-state index in [-0.39, 0.29) is 12.1 Å². The molecule has 0 aliphatic carbocycles. The summed E-state index contributed by atoms with van der Waals surface area (Å²) in [5.41, 5.74) is 7.17. The van der Waals surface area contributed by atoms with Gasteiger partial charge in [-0.3, -0.25) is 4.90 Å². The molecule has 0 bridgehead atoms. The van der Waals surface area contributed by atoms with Gasteiger partial charge >= 0.3 is 0 Å². The van der Waals surface area contributed by atoms with E-state index in [0.717, 1.165) is 22.9 Å². The Morgan fingerprint density at radius 3 is 2.58 bits per heavy atom. The lowest BCUT2D eigenvalue weighted by Crippen LogP contribution is -2.36. The number of furan rings is 1. The van der Waals surface area contributed by atoms with Crippen LogP contribution in [-0.2, 0) is 6.54 Å². The molecule has 2 atom stereocenters. The van der Waals surface area contributed by atoms with E-state index in [1.165, 1.54) is 0 Å². The molecule has 2 unspecified atom stereocenters. The fourth-order valence-corrected chi connectivity index (χ4v) is 2.53. The Bertz CT molecular complexity index is 511. The first-order valence-electron chi connectivity index (χ1n) is 6.32. The van der Waals surface area contributed by atoms with E-state index in [1.54, 1.807) is 6.26 Å². The van der Waals surface area contributed by atoms with Crippen molar-refractivity contribution in [2.24, 2.45) is 5.73 Å². The van der Waals surface area contributed by atoms with Gasteiger partial charge in [0.2, 0.25) is 0 Å². The highest BCUT2D eigenvalue weighted by Gasteiger charge is 2.24. The first-order chi connectivity index (χ1) is 9.09. The molecular formula is C15H19ClN2O. The van der Waals surface area contributed by atoms with Gasteiger partial charge in [-0.05, 0) is 37.7 Å². The van der Waals surface area contributed by atoms with Crippen molar-refractivity contribution in [2.45, 2.75) is 25.6 Å². The minimum absolute atomic E-state index is 0.0290. The predicted octanol–water partition coefficient (Wildman–Crippen LogP) is 3.45. The molecule has 2 N–H and O–H groups in total. The van der Waals surface area contributed by atoms with Crippen LogP contribution in [0.3, 0.4) is 0 Å². The van der Waals surface area contributed by atoms with Gasteiger partial charge in [0.1, 0.15) is 5.76 Å². The first kappa shape index (κ1) is 14.1. The largest absolute Gasteiger partial charge is 0.468 e. The number of halogens is 1. The van der Waals surface area contributed by atoms with E-state index in [4.69, 9.17) is 21.8 Å². The Morgan fingerprint density at radius 2 is 2.00 bits per heavy atom. The Labute approximate surface area is 119 Å². The molecule has 19 heavy (non-hydrogen) atoms. The Kier molecular flexibility index (Phi) is 4.64. The summed E-state index contributed by atoms with van der Waals surface area (Å²) >= 11 is 6.20. The maximum atomic E-state index is 6.20. The van der Waals surface area contributed by atoms with Crippen molar-refractivity contribution < 1.29 is 4.42 Å². The third-order valence-electron chi connectivity index (χ3n) is 3.19. The quantitative estimate of drug-likeness (QED) is 0.911. The highest BCUT2D eigenvalue weighted by molar-refractivity contribution is 6.31. The molecule has 0 saturated heterocycles. The third kappa shape index (κ3) is 3.38. The molecule has 1 heterocycles. The highest BCUT2D eigenvalue weighted by atomic mass is 35.5. The molecule has 0 saturated carbocycles. The van der Waals surface area contributed by atoms with Gasteiger partial charge in [-0.2, -0.15) is 0 Å². The van der Waals surface area contributed by atoms with Gasteiger partial charge in [-0.25, -0.2) is 0 Å². The molecule has 4 heteroatoms. The van der Waals surface area contributed by atoms with Crippen molar-refractivity contribution in [3.05, 3.63) is 59.0 Å². The van der Waals surface area contributed by atoms with E-state index < -0.39 is 0 Å². The summed E-state index contributed by atoms with van der Waals surface area (Å²) in [5.74, 6) is 0.879. The lowest BCUT2D eigenvalue weighted by Gasteiger charge is -2.29. The zero-order chi connectivity index (χ0) is 13.8. The Balaban J connectivity index is 2.17. The van der Waals surface area contributed by atoms with Crippen LogP contribution in [0.25, 0.3) is 0 Å². The van der Waals surface area contributed by atoms with Gasteiger partial charge in [-0.15, -0.1) is 0 Å². The van der Waals surface area contributed by atoms with Crippen LogP contribution in [0.15, 0.2) is 47.1 Å². The van der Waals surface area contributed by atoms with Crippen molar-refractivity contribution >= 4 is 11.6 Å². The minimum Gasteiger partial charge on any atom is -0.468 e. The molecule has 1 aromatic heterocycles. The van der Waals surface area contributed by atoms with E-state index >= 15 is 0 Å². The third-order valence-corrected chi connectivity index (χ3v) is 3.55. The molecule has 0 spiro atoms. The zero-order valence-electron chi connectivity index (χ0n) is 11.2. The monoisotopic (exact) mass is 278 g/mol. The van der Waals surface area contributed by atoms with Crippen molar-refractivity contribution in [2.75, 3.05) is 7.05 Å². The van der Waals surface area contributed by atoms with Crippen LogP contribution in [0.2, 0.25) is 5.02 Å². The molecular weight excluding hydrogens is 260 g/mol. The average Bonchev–Trinajstić information content (AvgIpc) is 2.85. The van der Waals surface area contributed by atoms with Crippen molar-refractivity contribution in [1.82, 2.24) is 4.90 Å². The van der Waals surface area contributed by atoms with Gasteiger partial charge in [0.05, 0.1) is 12.3 Å².